The lowest BCUT2D eigenvalue weighted by Gasteiger charge is -2.22. The van der Waals surface area contributed by atoms with Gasteiger partial charge in [-0.25, -0.2) is 22.8 Å². The van der Waals surface area contributed by atoms with E-state index in [1.54, 1.807) is 24.4 Å². The predicted molar refractivity (Wildman–Crippen MR) is 142 cm³/mol. The Bertz CT molecular complexity index is 1540. The average Bonchev–Trinajstić information content (AvgIpc) is 2.85. The summed E-state index contributed by atoms with van der Waals surface area (Å²) in [6.45, 7) is 1.94. The summed E-state index contributed by atoms with van der Waals surface area (Å²) >= 11 is 6.02. The molecule has 1 fully saturated rings. The van der Waals surface area contributed by atoms with E-state index in [0.29, 0.717) is 17.6 Å². The summed E-state index contributed by atoms with van der Waals surface area (Å²) in [6, 6.07) is 14.7. The number of aryl methyl sites for hydroxylation is 1. The molecule has 9 heteroatoms. The fraction of sp³-hybridized carbons (Fsp3) is 0.259. The van der Waals surface area contributed by atoms with Gasteiger partial charge in [0.05, 0.1) is 16.2 Å². The number of nitrogens with one attached hydrogen (secondary N) is 2. The number of halogens is 2. The molecule has 0 saturated heterocycles. The molecule has 1 aromatic heterocycles. The molecule has 36 heavy (non-hydrogen) atoms. The smallest absolute Gasteiger partial charge is 0.263 e. The molecule has 0 spiro atoms. The SMILES string of the molecule is Cc1cc2nc(NC3CCCCC3)ncc2cc1-c1ccc(NS(=O)(=O)c2ccccc2Cl)c(F)c1. The topological polar surface area (TPSA) is 84.0 Å². The zero-order valence-electron chi connectivity index (χ0n) is 19.8. The van der Waals surface area contributed by atoms with Gasteiger partial charge in [-0.2, -0.15) is 0 Å². The number of fused-ring (bicyclic) bond motifs is 1. The van der Waals surface area contributed by atoms with Crippen molar-refractivity contribution in [3.05, 3.63) is 77.2 Å². The quantitative estimate of drug-likeness (QED) is 0.285. The highest BCUT2D eigenvalue weighted by Crippen LogP contribution is 2.32. The van der Waals surface area contributed by atoms with Crippen molar-refractivity contribution in [1.29, 1.82) is 0 Å². The van der Waals surface area contributed by atoms with Gasteiger partial charge in [0, 0.05) is 17.6 Å². The average molecular weight is 525 g/mol. The van der Waals surface area contributed by atoms with Crippen LogP contribution in [0.3, 0.4) is 0 Å². The molecule has 6 nitrogen and oxygen atoms in total. The van der Waals surface area contributed by atoms with Crippen LogP contribution in [0.2, 0.25) is 5.02 Å². The van der Waals surface area contributed by atoms with E-state index in [0.717, 1.165) is 34.9 Å². The van der Waals surface area contributed by atoms with Gasteiger partial charge < -0.3 is 5.32 Å². The lowest BCUT2D eigenvalue weighted by Crippen LogP contribution is -2.23. The Labute approximate surface area is 215 Å². The van der Waals surface area contributed by atoms with E-state index < -0.39 is 15.8 Å². The van der Waals surface area contributed by atoms with Crippen molar-refractivity contribution in [2.24, 2.45) is 0 Å². The maximum Gasteiger partial charge on any atom is 0.263 e. The second-order valence-corrected chi connectivity index (χ2v) is 11.2. The van der Waals surface area contributed by atoms with Crippen LogP contribution in [0, 0.1) is 12.7 Å². The van der Waals surface area contributed by atoms with Crippen LogP contribution in [0.1, 0.15) is 37.7 Å². The van der Waals surface area contributed by atoms with Crippen LogP contribution in [0.25, 0.3) is 22.0 Å². The molecule has 0 bridgehead atoms. The summed E-state index contributed by atoms with van der Waals surface area (Å²) in [5.41, 5.74) is 3.03. The highest BCUT2D eigenvalue weighted by Gasteiger charge is 2.20. The van der Waals surface area contributed by atoms with Crippen LogP contribution < -0.4 is 10.0 Å². The second kappa shape index (κ2) is 10.0. The first-order valence-corrected chi connectivity index (χ1v) is 13.8. The summed E-state index contributed by atoms with van der Waals surface area (Å²) in [7, 11) is -4.04. The molecule has 0 atom stereocenters. The molecule has 5 rings (SSSR count). The third kappa shape index (κ3) is 5.15. The zero-order valence-corrected chi connectivity index (χ0v) is 21.3. The van der Waals surface area contributed by atoms with E-state index in [2.05, 4.69) is 20.0 Å². The van der Waals surface area contributed by atoms with Gasteiger partial charge in [-0.3, -0.25) is 4.72 Å². The maximum atomic E-state index is 15.0. The first kappa shape index (κ1) is 24.5. The number of hydrogen-bond donors (Lipinski definition) is 2. The van der Waals surface area contributed by atoms with Gasteiger partial charge in [-0.05, 0) is 72.9 Å². The molecular formula is C27H26ClFN4O2S. The molecular weight excluding hydrogens is 499 g/mol. The van der Waals surface area contributed by atoms with Gasteiger partial charge in [0.2, 0.25) is 5.95 Å². The summed E-state index contributed by atoms with van der Waals surface area (Å²) in [5, 5.41) is 4.35. The van der Waals surface area contributed by atoms with E-state index in [1.165, 1.54) is 43.5 Å². The van der Waals surface area contributed by atoms with E-state index in [-0.39, 0.29) is 15.6 Å². The first-order valence-electron chi connectivity index (χ1n) is 11.9. The molecule has 1 aliphatic carbocycles. The fourth-order valence-corrected chi connectivity index (χ4v) is 6.21. The zero-order chi connectivity index (χ0) is 25.3. The number of benzene rings is 3. The highest BCUT2D eigenvalue weighted by molar-refractivity contribution is 7.92. The van der Waals surface area contributed by atoms with Crippen LogP contribution in [-0.4, -0.2) is 24.4 Å². The van der Waals surface area contributed by atoms with Crippen LogP contribution in [0.15, 0.2) is 65.7 Å². The Morgan fingerprint density at radius 1 is 1.03 bits per heavy atom. The molecule has 186 valence electrons. The normalized spacial score (nSPS) is 14.6. The van der Waals surface area contributed by atoms with E-state index >= 15 is 4.39 Å². The van der Waals surface area contributed by atoms with Crippen LogP contribution in [0.4, 0.5) is 16.0 Å². The van der Waals surface area contributed by atoms with Crippen molar-refractivity contribution < 1.29 is 12.8 Å². The van der Waals surface area contributed by atoms with Crippen LogP contribution >= 0.6 is 11.6 Å². The van der Waals surface area contributed by atoms with Gasteiger partial charge >= 0.3 is 0 Å². The van der Waals surface area contributed by atoms with Gasteiger partial charge in [-0.15, -0.1) is 0 Å². The van der Waals surface area contributed by atoms with Crippen molar-refractivity contribution in [2.45, 2.75) is 50.0 Å². The number of hydrogen-bond acceptors (Lipinski definition) is 5. The Morgan fingerprint density at radius 2 is 1.81 bits per heavy atom. The van der Waals surface area contributed by atoms with E-state index in [1.807, 2.05) is 19.1 Å². The predicted octanol–water partition coefficient (Wildman–Crippen LogP) is 6.94. The molecule has 3 aromatic carbocycles. The number of rotatable bonds is 6. The van der Waals surface area contributed by atoms with E-state index in [9.17, 15) is 8.42 Å². The van der Waals surface area contributed by atoms with Crippen molar-refractivity contribution in [1.82, 2.24) is 9.97 Å². The number of sulfonamides is 1. The Hall–Kier alpha value is -3.23. The Balaban J connectivity index is 1.40. The Morgan fingerprint density at radius 3 is 2.56 bits per heavy atom. The van der Waals surface area contributed by atoms with Crippen molar-refractivity contribution in [3.63, 3.8) is 0 Å². The minimum absolute atomic E-state index is 0.0631. The van der Waals surface area contributed by atoms with Gasteiger partial charge in [0.1, 0.15) is 10.7 Å². The van der Waals surface area contributed by atoms with Crippen LogP contribution in [0.5, 0.6) is 0 Å². The summed E-state index contributed by atoms with van der Waals surface area (Å²) in [6.07, 6.45) is 7.78. The molecule has 0 amide bonds. The summed E-state index contributed by atoms with van der Waals surface area (Å²) in [5.74, 6) is -0.0614. The molecule has 0 unspecified atom stereocenters. The molecule has 0 radical (unpaired) electrons. The minimum atomic E-state index is -4.04. The first-order chi connectivity index (χ1) is 17.3. The van der Waals surface area contributed by atoms with Gasteiger partial charge in [0.25, 0.3) is 10.0 Å². The van der Waals surface area contributed by atoms with Crippen molar-refractivity contribution in [2.75, 3.05) is 10.0 Å². The van der Waals surface area contributed by atoms with Gasteiger partial charge in [-0.1, -0.05) is 49.1 Å². The van der Waals surface area contributed by atoms with Crippen LogP contribution in [-0.2, 0) is 10.0 Å². The number of nitrogens with zero attached hydrogens (tertiary/aromatic N) is 2. The lowest BCUT2D eigenvalue weighted by molar-refractivity contribution is 0.461. The van der Waals surface area contributed by atoms with E-state index in [4.69, 9.17) is 11.6 Å². The largest absolute Gasteiger partial charge is 0.351 e. The molecule has 0 aliphatic heterocycles. The minimum Gasteiger partial charge on any atom is -0.351 e. The van der Waals surface area contributed by atoms with Crippen molar-refractivity contribution >= 4 is 44.2 Å². The summed E-state index contributed by atoms with van der Waals surface area (Å²) in [4.78, 5) is 9.07. The summed E-state index contributed by atoms with van der Waals surface area (Å²) < 4.78 is 42.7. The number of aromatic nitrogens is 2. The maximum absolute atomic E-state index is 15.0. The third-order valence-electron chi connectivity index (χ3n) is 6.51. The molecule has 1 aliphatic rings. The number of anilines is 2. The highest BCUT2D eigenvalue weighted by atomic mass is 35.5. The fourth-order valence-electron chi connectivity index (χ4n) is 4.62. The van der Waals surface area contributed by atoms with Crippen molar-refractivity contribution in [3.8, 4) is 11.1 Å². The molecule has 1 heterocycles. The monoisotopic (exact) mass is 524 g/mol. The lowest BCUT2D eigenvalue weighted by atomic mass is 9.96. The van der Waals surface area contributed by atoms with Gasteiger partial charge in [0.15, 0.2) is 0 Å². The molecule has 2 N–H and O–H groups in total. The Kier molecular flexibility index (Phi) is 6.81. The molecule has 1 saturated carbocycles. The standard InChI is InChI=1S/C27H26ClFN4O2S/c1-17-13-25-19(16-30-27(32-25)31-20-7-3-2-4-8-20)14-21(17)18-11-12-24(23(29)15-18)33-36(34,35)26-10-6-5-9-22(26)28/h5-6,9-16,20,33H,2-4,7-8H2,1H3,(H,30,31,32). The second-order valence-electron chi connectivity index (χ2n) is 9.13. The third-order valence-corrected chi connectivity index (χ3v) is 8.38. The molecule has 4 aromatic rings.